The van der Waals surface area contributed by atoms with E-state index >= 15 is 0 Å². The van der Waals surface area contributed by atoms with Gasteiger partial charge in [-0.25, -0.2) is 15.4 Å². The Labute approximate surface area is 128 Å². The monoisotopic (exact) mass is 324 g/mol. The molecule has 1 aliphatic carbocycles. The molecule has 0 unspecified atom stereocenters. The Morgan fingerprint density at radius 2 is 2.19 bits per heavy atom. The molecule has 0 saturated heterocycles. The van der Waals surface area contributed by atoms with Gasteiger partial charge in [0.15, 0.2) is 10.0 Å². The van der Waals surface area contributed by atoms with Gasteiger partial charge >= 0.3 is 0 Å². The topological polar surface area (TPSA) is 104 Å². The fourth-order valence-corrected chi connectivity index (χ4v) is 3.73. The molecule has 3 N–H and O–H groups in total. The summed E-state index contributed by atoms with van der Waals surface area (Å²) in [6.07, 6.45) is 3.80. The molecule has 7 nitrogen and oxygen atoms in total. The van der Waals surface area contributed by atoms with Crippen molar-refractivity contribution in [3.63, 3.8) is 0 Å². The number of rotatable bonds is 5. The summed E-state index contributed by atoms with van der Waals surface area (Å²) in [4.78, 5) is 32.7. The van der Waals surface area contributed by atoms with Crippen molar-refractivity contribution in [2.24, 2.45) is 0 Å². The summed E-state index contributed by atoms with van der Waals surface area (Å²) in [5.41, 5.74) is 1.83. The van der Waals surface area contributed by atoms with Crippen LogP contribution in [-0.4, -0.2) is 33.5 Å². The standard InChI is InChI=1S/C12H12N4O3S2/c17-7(16-19)5-14-10(18)8-9(6-1-2-6)21-12(15-8)11-13-3-4-20-11/h3-4,6,19H,1-2,5H2,(H,14,18)(H,16,17). The van der Waals surface area contributed by atoms with E-state index in [0.717, 1.165) is 27.7 Å². The van der Waals surface area contributed by atoms with Gasteiger partial charge in [0.25, 0.3) is 11.8 Å². The average Bonchev–Trinajstić information content (AvgIpc) is 3.03. The van der Waals surface area contributed by atoms with Crippen molar-refractivity contribution in [3.8, 4) is 10.0 Å². The van der Waals surface area contributed by atoms with Crippen LogP contribution in [0.15, 0.2) is 11.6 Å². The number of thiazole rings is 2. The fraction of sp³-hybridized carbons (Fsp3) is 0.333. The third-order valence-electron chi connectivity index (χ3n) is 2.97. The lowest BCUT2D eigenvalue weighted by Crippen LogP contribution is -2.35. The van der Waals surface area contributed by atoms with Crippen LogP contribution in [-0.2, 0) is 4.79 Å². The smallest absolute Gasteiger partial charge is 0.271 e. The Balaban J connectivity index is 1.83. The van der Waals surface area contributed by atoms with Crippen molar-refractivity contribution in [1.82, 2.24) is 20.8 Å². The lowest BCUT2D eigenvalue weighted by molar-refractivity contribution is -0.128. The van der Waals surface area contributed by atoms with Crippen LogP contribution < -0.4 is 10.8 Å². The van der Waals surface area contributed by atoms with Crippen LogP contribution in [0.5, 0.6) is 0 Å². The molecule has 0 aliphatic heterocycles. The number of hydroxylamine groups is 1. The molecular weight excluding hydrogens is 312 g/mol. The number of nitrogens with one attached hydrogen (secondary N) is 2. The average molecular weight is 324 g/mol. The minimum Gasteiger partial charge on any atom is -0.342 e. The van der Waals surface area contributed by atoms with Crippen molar-refractivity contribution < 1.29 is 14.8 Å². The summed E-state index contributed by atoms with van der Waals surface area (Å²) >= 11 is 2.95. The number of hydrogen-bond donors (Lipinski definition) is 3. The number of carbonyl (C=O) groups is 2. The molecule has 1 fully saturated rings. The maximum absolute atomic E-state index is 12.2. The predicted octanol–water partition coefficient (Wildman–Crippen LogP) is 1.38. The van der Waals surface area contributed by atoms with Crippen LogP contribution in [0.4, 0.5) is 0 Å². The molecule has 0 bridgehead atoms. The molecule has 0 aromatic carbocycles. The molecule has 21 heavy (non-hydrogen) atoms. The predicted molar refractivity (Wildman–Crippen MR) is 77.5 cm³/mol. The Morgan fingerprint density at radius 3 is 2.81 bits per heavy atom. The SMILES string of the molecule is O=C(CNC(=O)c1nc(-c2nccs2)sc1C1CC1)NO. The van der Waals surface area contributed by atoms with Crippen LogP contribution in [0.1, 0.15) is 34.1 Å². The van der Waals surface area contributed by atoms with E-state index in [0.29, 0.717) is 11.6 Å². The molecule has 110 valence electrons. The summed E-state index contributed by atoms with van der Waals surface area (Å²) in [7, 11) is 0. The summed E-state index contributed by atoms with van der Waals surface area (Å²) in [5.74, 6) is -0.699. The van der Waals surface area contributed by atoms with E-state index in [1.54, 1.807) is 6.20 Å². The Bertz CT molecular complexity index is 664. The van der Waals surface area contributed by atoms with Gasteiger partial charge in [-0.05, 0) is 18.8 Å². The van der Waals surface area contributed by atoms with E-state index < -0.39 is 11.8 Å². The Morgan fingerprint density at radius 1 is 1.38 bits per heavy atom. The highest BCUT2D eigenvalue weighted by atomic mass is 32.1. The van der Waals surface area contributed by atoms with Crippen LogP contribution in [0, 0.1) is 0 Å². The third-order valence-corrected chi connectivity index (χ3v) is 5.10. The number of carbonyl (C=O) groups excluding carboxylic acids is 2. The molecule has 2 heterocycles. The number of aromatic nitrogens is 2. The second-order valence-corrected chi connectivity index (χ2v) is 6.49. The summed E-state index contributed by atoms with van der Waals surface area (Å²) in [6.45, 7) is -0.288. The molecule has 1 saturated carbocycles. The molecule has 1 aliphatic rings. The van der Waals surface area contributed by atoms with Gasteiger partial charge in [-0.3, -0.25) is 14.8 Å². The minimum atomic E-state index is -0.674. The van der Waals surface area contributed by atoms with Crippen molar-refractivity contribution in [2.45, 2.75) is 18.8 Å². The van der Waals surface area contributed by atoms with Crippen molar-refractivity contribution in [1.29, 1.82) is 0 Å². The number of nitrogens with zero attached hydrogens (tertiary/aromatic N) is 2. The van der Waals surface area contributed by atoms with E-state index in [-0.39, 0.29) is 6.54 Å². The molecule has 2 aromatic heterocycles. The van der Waals surface area contributed by atoms with Gasteiger partial charge in [0.2, 0.25) is 0 Å². The molecule has 0 spiro atoms. The highest BCUT2D eigenvalue weighted by Crippen LogP contribution is 2.46. The number of amides is 2. The van der Waals surface area contributed by atoms with Crippen LogP contribution >= 0.6 is 22.7 Å². The summed E-state index contributed by atoms with van der Waals surface area (Å²) in [6, 6.07) is 0. The second kappa shape index (κ2) is 5.88. The van der Waals surface area contributed by atoms with Crippen LogP contribution in [0.2, 0.25) is 0 Å². The highest BCUT2D eigenvalue weighted by Gasteiger charge is 2.32. The molecule has 3 rings (SSSR count). The highest BCUT2D eigenvalue weighted by molar-refractivity contribution is 7.20. The maximum Gasteiger partial charge on any atom is 0.271 e. The summed E-state index contributed by atoms with van der Waals surface area (Å²) in [5, 5.41) is 14.2. The summed E-state index contributed by atoms with van der Waals surface area (Å²) < 4.78 is 0. The van der Waals surface area contributed by atoms with E-state index in [1.807, 2.05) is 5.38 Å². The molecule has 2 amide bonds. The van der Waals surface area contributed by atoms with Gasteiger partial charge in [-0.2, -0.15) is 0 Å². The van der Waals surface area contributed by atoms with Crippen LogP contribution in [0.25, 0.3) is 10.0 Å². The van der Waals surface area contributed by atoms with Gasteiger partial charge in [-0.15, -0.1) is 22.7 Å². The van der Waals surface area contributed by atoms with E-state index in [4.69, 9.17) is 5.21 Å². The third kappa shape index (κ3) is 3.09. The first-order chi connectivity index (χ1) is 10.2. The molecule has 0 radical (unpaired) electrons. The zero-order chi connectivity index (χ0) is 14.8. The maximum atomic E-state index is 12.2. The normalized spacial score (nSPS) is 14.0. The molecule has 2 aromatic rings. The van der Waals surface area contributed by atoms with Gasteiger partial charge in [0.05, 0.1) is 6.54 Å². The lowest BCUT2D eigenvalue weighted by Gasteiger charge is -2.02. The van der Waals surface area contributed by atoms with E-state index in [9.17, 15) is 9.59 Å². The number of hydrogen-bond acceptors (Lipinski definition) is 7. The van der Waals surface area contributed by atoms with Gasteiger partial charge in [0.1, 0.15) is 5.69 Å². The van der Waals surface area contributed by atoms with Gasteiger partial charge < -0.3 is 5.32 Å². The minimum absolute atomic E-state index is 0.288. The largest absolute Gasteiger partial charge is 0.342 e. The second-order valence-electron chi connectivity index (χ2n) is 4.56. The van der Waals surface area contributed by atoms with Crippen LogP contribution in [0.3, 0.4) is 0 Å². The zero-order valence-corrected chi connectivity index (χ0v) is 12.5. The molecule has 9 heteroatoms. The Hall–Kier alpha value is -1.84. The van der Waals surface area contributed by atoms with Crippen molar-refractivity contribution >= 4 is 34.5 Å². The Kier molecular flexibility index (Phi) is 3.95. The fourth-order valence-electron chi connectivity index (χ4n) is 1.82. The van der Waals surface area contributed by atoms with E-state index in [1.165, 1.54) is 28.2 Å². The first kappa shape index (κ1) is 14.1. The quantitative estimate of drug-likeness (QED) is 0.569. The van der Waals surface area contributed by atoms with Gasteiger partial charge in [0, 0.05) is 16.5 Å². The van der Waals surface area contributed by atoms with Gasteiger partial charge in [-0.1, -0.05) is 0 Å². The molecular formula is C12H12N4O3S2. The zero-order valence-electron chi connectivity index (χ0n) is 10.8. The van der Waals surface area contributed by atoms with E-state index in [2.05, 4.69) is 15.3 Å². The van der Waals surface area contributed by atoms with Crippen molar-refractivity contribution in [3.05, 3.63) is 22.1 Å². The first-order valence-corrected chi connectivity index (χ1v) is 8.00. The first-order valence-electron chi connectivity index (χ1n) is 6.30. The lowest BCUT2D eigenvalue weighted by atomic mass is 10.2. The molecule has 0 atom stereocenters. The van der Waals surface area contributed by atoms with Crippen molar-refractivity contribution in [2.75, 3.05) is 6.54 Å².